The number of anilines is 1. The van der Waals surface area contributed by atoms with Gasteiger partial charge in [-0.2, -0.15) is 0 Å². The minimum atomic E-state index is -0.178. The Morgan fingerprint density at radius 1 is 0.955 bits per heavy atom. The van der Waals surface area contributed by atoms with Gasteiger partial charge in [0.2, 0.25) is 0 Å². The molecule has 0 atom stereocenters. The van der Waals surface area contributed by atoms with E-state index < -0.39 is 0 Å². The Morgan fingerprint density at radius 3 is 2.50 bits per heavy atom. The number of rotatable bonds is 3. The standard InChI is InChI=1S/C18H17N3O/c1-12-3-8-16(9-4-12)20-21-18(22)15-7-10-17-14(11-15)6-5-13(2)19-17/h3-11,20H,1-2H3,(H,21,22). The largest absolute Gasteiger partial charge is 0.298 e. The Balaban J connectivity index is 1.74. The van der Waals surface area contributed by atoms with Crippen LogP contribution in [-0.4, -0.2) is 10.9 Å². The number of amides is 1. The number of nitrogens with one attached hydrogen (secondary N) is 2. The zero-order chi connectivity index (χ0) is 15.5. The second-order valence-corrected chi connectivity index (χ2v) is 5.31. The summed E-state index contributed by atoms with van der Waals surface area (Å²) < 4.78 is 0. The summed E-state index contributed by atoms with van der Waals surface area (Å²) in [6, 6.07) is 17.2. The van der Waals surface area contributed by atoms with E-state index in [2.05, 4.69) is 15.8 Å². The lowest BCUT2D eigenvalue weighted by molar-refractivity contribution is 0.0963. The van der Waals surface area contributed by atoms with Crippen molar-refractivity contribution in [2.24, 2.45) is 0 Å². The second kappa shape index (κ2) is 5.85. The number of pyridine rings is 1. The third-order valence-corrected chi connectivity index (χ3v) is 3.46. The van der Waals surface area contributed by atoms with Crippen molar-refractivity contribution in [2.45, 2.75) is 13.8 Å². The number of hydrazine groups is 1. The van der Waals surface area contributed by atoms with E-state index in [1.54, 1.807) is 6.07 Å². The van der Waals surface area contributed by atoms with Crippen molar-refractivity contribution in [1.82, 2.24) is 10.4 Å². The maximum Gasteiger partial charge on any atom is 0.269 e. The van der Waals surface area contributed by atoms with Crippen LogP contribution in [0.1, 0.15) is 21.6 Å². The number of hydrogen-bond donors (Lipinski definition) is 2. The van der Waals surface area contributed by atoms with Crippen molar-refractivity contribution in [2.75, 3.05) is 5.43 Å². The lowest BCUT2D eigenvalue weighted by atomic mass is 10.1. The molecule has 1 aromatic heterocycles. The molecule has 0 aliphatic heterocycles. The fourth-order valence-electron chi connectivity index (χ4n) is 2.21. The molecule has 0 unspecified atom stereocenters. The molecule has 3 rings (SSSR count). The summed E-state index contributed by atoms with van der Waals surface area (Å²) in [6.07, 6.45) is 0. The highest BCUT2D eigenvalue weighted by Gasteiger charge is 2.06. The number of benzene rings is 2. The average molecular weight is 291 g/mol. The van der Waals surface area contributed by atoms with Crippen molar-refractivity contribution in [3.8, 4) is 0 Å². The molecule has 0 saturated carbocycles. The SMILES string of the molecule is Cc1ccc(NNC(=O)c2ccc3nc(C)ccc3c2)cc1. The molecule has 0 aliphatic carbocycles. The van der Waals surface area contributed by atoms with E-state index in [-0.39, 0.29) is 5.91 Å². The predicted octanol–water partition coefficient (Wildman–Crippen LogP) is 3.61. The Labute approximate surface area is 129 Å². The third kappa shape index (κ3) is 3.06. The number of carbonyl (C=O) groups is 1. The monoisotopic (exact) mass is 291 g/mol. The van der Waals surface area contributed by atoms with Gasteiger partial charge in [0.25, 0.3) is 5.91 Å². The van der Waals surface area contributed by atoms with Gasteiger partial charge in [-0.1, -0.05) is 23.8 Å². The molecule has 0 radical (unpaired) electrons. The maximum absolute atomic E-state index is 12.2. The first-order valence-electron chi connectivity index (χ1n) is 7.12. The smallest absolute Gasteiger partial charge is 0.269 e. The van der Waals surface area contributed by atoms with Gasteiger partial charge in [0.1, 0.15) is 0 Å². The summed E-state index contributed by atoms with van der Waals surface area (Å²) in [5.74, 6) is -0.178. The van der Waals surface area contributed by atoms with Gasteiger partial charge in [0, 0.05) is 16.6 Å². The van der Waals surface area contributed by atoms with Crippen LogP contribution in [-0.2, 0) is 0 Å². The number of aryl methyl sites for hydroxylation is 2. The fourth-order valence-corrected chi connectivity index (χ4v) is 2.21. The molecule has 1 heterocycles. The Bertz CT molecular complexity index is 825. The van der Waals surface area contributed by atoms with E-state index in [9.17, 15) is 4.79 Å². The highest BCUT2D eigenvalue weighted by Crippen LogP contribution is 2.15. The molecular formula is C18H17N3O. The van der Waals surface area contributed by atoms with Gasteiger partial charge in [-0.05, 0) is 50.2 Å². The second-order valence-electron chi connectivity index (χ2n) is 5.31. The summed E-state index contributed by atoms with van der Waals surface area (Å²) in [7, 11) is 0. The van der Waals surface area contributed by atoms with Gasteiger partial charge in [0.15, 0.2) is 0 Å². The van der Waals surface area contributed by atoms with Crippen LogP contribution < -0.4 is 10.9 Å². The number of hydrogen-bond acceptors (Lipinski definition) is 3. The summed E-state index contributed by atoms with van der Waals surface area (Å²) in [4.78, 5) is 16.6. The molecule has 0 bridgehead atoms. The van der Waals surface area contributed by atoms with Crippen molar-refractivity contribution < 1.29 is 4.79 Å². The molecule has 0 aliphatic rings. The minimum Gasteiger partial charge on any atom is -0.298 e. The lowest BCUT2D eigenvalue weighted by Gasteiger charge is -2.09. The number of carbonyl (C=O) groups excluding carboxylic acids is 1. The third-order valence-electron chi connectivity index (χ3n) is 3.46. The normalized spacial score (nSPS) is 10.5. The molecule has 110 valence electrons. The van der Waals surface area contributed by atoms with Gasteiger partial charge >= 0.3 is 0 Å². The van der Waals surface area contributed by atoms with Crippen LogP contribution in [0.5, 0.6) is 0 Å². The van der Waals surface area contributed by atoms with Gasteiger partial charge in [0.05, 0.1) is 11.2 Å². The number of nitrogens with zero attached hydrogens (tertiary/aromatic N) is 1. The van der Waals surface area contributed by atoms with Crippen molar-refractivity contribution in [3.05, 3.63) is 71.4 Å². The van der Waals surface area contributed by atoms with Gasteiger partial charge in [-0.15, -0.1) is 0 Å². The maximum atomic E-state index is 12.2. The first-order chi connectivity index (χ1) is 10.6. The first kappa shape index (κ1) is 14.1. The molecule has 4 heteroatoms. The first-order valence-corrected chi connectivity index (χ1v) is 7.12. The van der Waals surface area contributed by atoms with E-state index in [0.717, 1.165) is 22.3 Å². The number of aromatic nitrogens is 1. The molecule has 2 N–H and O–H groups in total. The van der Waals surface area contributed by atoms with E-state index >= 15 is 0 Å². The zero-order valence-corrected chi connectivity index (χ0v) is 12.6. The van der Waals surface area contributed by atoms with E-state index in [4.69, 9.17) is 0 Å². The Kier molecular flexibility index (Phi) is 3.74. The van der Waals surface area contributed by atoms with E-state index in [1.165, 1.54) is 5.56 Å². The quantitative estimate of drug-likeness (QED) is 0.725. The molecule has 3 aromatic rings. The molecule has 22 heavy (non-hydrogen) atoms. The van der Waals surface area contributed by atoms with Crippen molar-refractivity contribution in [1.29, 1.82) is 0 Å². The topological polar surface area (TPSA) is 54.0 Å². The molecule has 4 nitrogen and oxygen atoms in total. The number of fused-ring (bicyclic) bond motifs is 1. The lowest BCUT2D eigenvalue weighted by Crippen LogP contribution is -2.29. The van der Waals surface area contributed by atoms with Crippen molar-refractivity contribution in [3.63, 3.8) is 0 Å². The summed E-state index contributed by atoms with van der Waals surface area (Å²) in [6.45, 7) is 3.97. The van der Waals surface area contributed by atoms with E-state index in [1.807, 2.05) is 62.4 Å². The van der Waals surface area contributed by atoms with Crippen LogP contribution in [0.25, 0.3) is 10.9 Å². The Hall–Kier alpha value is -2.88. The Morgan fingerprint density at radius 2 is 1.73 bits per heavy atom. The minimum absolute atomic E-state index is 0.178. The van der Waals surface area contributed by atoms with Crippen molar-refractivity contribution >= 4 is 22.5 Å². The predicted molar refractivity (Wildman–Crippen MR) is 88.7 cm³/mol. The van der Waals surface area contributed by atoms with Crippen LogP contribution in [0.15, 0.2) is 54.6 Å². The summed E-state index contributed by atoms with van der Waals surface area (Å²) in [5, 5.41) is 0.952. The zero-order valence-electron chi connectivity index (χ0n) is 12.6. The molecule has 0 fully saturated rings. The molecule has 0 saturated heterocycles. The molecule has 2 aromatic carbocycles. The highest BCUT2D eigenvalue weighted by atomic mass is 16.2. The van der Waals surface area contributed by atoms with Crippen LogP contribution in [0.4, 0.5) is 5.69 Å². The molecule has 1 amide bonds. The van der Waals surface area contributed by atoms with Gasteiger partial charge in [-0.25, -0.2) is 0 Å². The highest BCUT2D eigenvalue weighted by molar-refractivity contribution is 5.98. The van der Waals surface area contributed by atoms with Crippen LogP contribution in [0.3, 0.4) is 0 Å². The van der Waals surface area contributed by atoms with Crippen LogP contribution in [0.2, 0.25) is 0 Å². The van der Waals surface area contributed by atoms with E-state index in [0.29, 0.717) is 5.56 Å². The van der Waals surface area contributed by atoms with Gasteiger partial charge < -0.3 is 0 Å². The molecule has 0 spiro atoms. The summed E-state index contributed by atoms with van der Waals surface area (Å²) >= 11 is 0. The van der Waals surface area contributed by atoms with Crippen LogP contribution in [0, 0.1) is 13.8 Å². The fraction of sp³-hybridized carbons (Fsp3) is 0.111. The van der Waals surface area contributed by atoms with Gasteiger partial charge in [-0.3, -0.25) is 20.6 Å². The van der Waals surface area contributed by atoms with Crippen LogP contribution >= 0.6 is 0 Å². The molecular weight excluding hydrogens is 274 g/mol. The summed E-state index contributed by atoms with van der Waals surface area (Å²) in [5.41, 5.74) is 10.1. The average Bonchev–Trinajstić information content (AvgIpc) is 2.53.